The molecule has 96 valence electrons. The van der Waals surface area contributed by atoms with Crippen molar-refractivity contribution in [2.24, 2.45) is 5.73 Å². The van der Waals surface area contributed by atoms with Crippen molar-refractivity contribution in [1.29, 1.82) is 0 Å². The molecule has 1 rings (SSSR count). The zero-order valence-electron chi connectivity index (χ0n) is 10.5. The van der Waals surface area contributed by atoms with E-state index in [4.69, 9.17) is 10.5 Å². The van der Waals surface area contributed by atoms with Crippen molar-refractivity contribution in [3.05, 3.63) is 35.4 Å². The third kappa shape index (κ3) is 4.06. The molecule has 0 radical (unpaired) electrons. The molecule has 1 atom stereocenters. The van der Waals surface area contributed by atoms with Crippen LogP contribution in [0.5, 0.6) is 0 Å². The minimum absolute atomic E-state index is 0.254. The second-order valence-electron chi connectivity index (χ2n) is 4.70. The highest BCUT2D eigenvalue weighted by molar-refractivity contribution is 5.21. The van der Waals surface area contributed by atoms with Crippen LogP contribution in [0.15, 0.2) is 18.2 Å². The Balaban J connectivity index is 2.64. The van der Waals surface area contributed by atoms with E-state index >= 15 is 0 Å². The van der Waals surface area contributed by atoms with Gasteiger partial charge >= 0.3 is 0 Å². The molecule has 17 heavy (non-hydrogen) atoms. The molecular weight excluding hydrogens is 224 g/mol. The predicted molar refractivity (Wildman–Crippen MR) is 63.6 cm³/mol. The van der Waals surface area contributed by atoms with Gasteiger partial charge in [-0.1, -0.05) is 13.0 Å². The van der Waals surface area contributed by atoms with Gasteiger partial charge in [0, 0.05) is 0 Å². The third-order valence-corrected chi connectivity index (χ3v) is 2.88. The Morgan fingerprint density at radius 1 is 1.29 bits per heavy atom. The minimum atomic E-state index is -0.882. The SMILES string of the molecule is CCC(C)(C)OCC(N)c1ccc(F)c(F)c1. The van der Waals surface area contributed by atoms with Crippen LogP contribution >= 0.6 is 0 Å². The normalized spacial score (nSPS) is 13.8. The predicted octanol–water partition coefficient (Wildman–Crippen LogP) is 3.17. The van der Waals surface area contributed by atoms with Crippen LogP contribution in [0.4, 0.5) is 8.78 Å². The number of nitrogens with two attached hydrogens (primary N) is 1. The Bertz CT molecular complexity index is 380. The molecule has 0 aliphatic carbocycles. The average molecular weight is 243 g/mol. The van der Waals surface area contributed by atoms with Crippen LogP contribution in [0.2, 0.25) is 0 Å². The maximum Gasteiger partial charge on any atom is 0.159 e. The van der Waals surface area contributed by atoms with E-state index < -0.39 is 17.7 Å². The minimum Gasteiger partial charge on any atom is -0.374 e. The van der Waals surface area contributed by atoms with E-state index in [-0.39, 0.29) is 12.2 Å². The molecule has 0 saturated carbocycles. The van der Waals surface area contributed by atoms with E-state index in [0.717, 1.165) is 18.6 Å². The molecule has 0 aliphatic heterocycles. The Labute approximate surface area is 101 Å². The van der Waals surface area contributed by atoms with Crippen molar-refractivity contribution in [1.82, 2.24) is 0 Å². The van der Waals surface area contributed by atoms with Gasteiger partial charge < -0.3 is 10.5 Å². The topological polar surface area (TPSA) is 35.2 Å². The second kappa shape index (κ2) is 5.56. The van der Waals surface area contributed by atoms with Crippen LogP contribution in [0.25, 0.3) is 0 Å². The Hall–Kier alpha value is -1.00. The lowest BCUT2D eigenvalue weighted by molar-refractivity contribution is -0.0267. The summed E-state index contributed by atoms with van der Waals surface area (Å²) >= 11 is 0. The number of hydrogen-bond donors (Lipinski definition) is 1. The van der Waals surface area contributed by atoms with Crippen LogP contribution in [0.1, 0.15) is 38.8 Å². The van der Waals surface area contributed by atoms with Gasteiger partial charge in [-0.15, -0.1) is 0 Å². The Morgan fingerprint density at radius 3 is 2.47 bits per heavy atom. The largest absolute Gasteiger partial charge is 0.374 e. The molecule has 1 aromatic carbocycles. The van der Waals surface area contributed by atoms with E-state index in [9.17, 15) is 8.78 Å². The molecule has 0 bridgehead atoms. The molecule has 0 aromatic heterocycles. The van der Waals surface area contributed by atoms with Gasteiger partial charge in [0.2, 0.25) is 0 Å². The first kappa shape index (κ1) is 14.1. The highest BCUT2D eigenvalue weighted by atomic mass is 19.2. The smallest absolute Gasteiger partial charge is 0.159 e. The van der Waals surface area contributed by atoms with Crippen molar-refractivity contribution >= 4 is 0 Å². The monoisotopic (exact) mass is 243 g/mol. The van der Waals surface area contributed by atoms with Crippen LogP contribution in [0, 0.1) is 11.6 Å². The molecule has 2 nitrogen and oxygen atoms in total. The summed E-state index contributed by atoms with van der Waals surface area (Å²) in [6, 6.07) is 3.22. The molecule has 4 heteroatoms. The number of benzene rings is 1. The highest BCUT2D eigenvalue weighted by Gasteiger charge is 2.18. The third-order valence-electron chi connectivity index (χ3n) is 2.88. The van der Waals surface area contributed by atoms with Gasteiger partial charge in [-0.25, -0.2) is 8.78 Å². The Morgan fingerprint density at radius 2 is 1.94 bits per heavy atom. The first-order valence-corrected chi connectivity index (χ1v) is 5.70. The molecule has 0 saturated heterocycles. The van der Waals surface area contributed by atoms with Crippen molar-refractivity contribution < 1.29 is 13.5 Å². The number of hydrogen-bond acceptors (Lipinski definition) is 2. The molecule has 0 aliphatic rings. The van der Waals surface area contributed by atoms with Crippen LogP contribution in [-0.4, -0.2) is 12.2 Å². The summed E-state index contributed by atoms with van der Waals surface area (Å²) < 4.78 is 31.4. The number of rotatable bonds is 5. The summed E-state index contributed by atoms with van der Waals surface area (Å²) in [6.45, 7) is 6.23. The van der Waals surface area contributed by atoms with Gasteiger partial charge in [0.25, 0.3) is 0 Å². The molecule has 1 unspecified atom stereocenters. The summed E-state index contributed by atoms with van der Waals surface area (Å²) in [7, 11) is 0. The summed E-state index contributed by atoms with van der Waals surface area (Å²) in [5.41, 5.74) is 6.15. The zero-order chi connectivity index (χ0) is 13.1. The van der Waals surface area contributed by atoms with Gasteiger partial charge in [-0.3, -0.25) is 0 Å². The lowest BCUT2D eigenvalue weighted by Crippen LogP contribution is -2.28. The summed E-state index contributed by atoms with van der Waals surface area (Å²) in [6.07, 6.45) is 0.859. The standard InChI is InChI=1S/C13H19F2NO/c1-4-13(2,3)17-8-12(16)9-5-6-10(14)11(15)7-9/h5-7,12H,4,8,16H2,1-3H3. The number of ether oxygens (including phenoxy) is 1. The molecule has 0 amide bonds. The van der Waals surface area contributed by atoms with Crippen LogP contribution < -0.4 is 5.73 Å². The van der Waals surface area contributed by atoms with Gasteiger partial charge in [0.05, 0.1) is 18.2 Å². The van der Waals surface area contributed by atoms with Gasteiger partial charge in [-0.05, 0) is 38.0 Å². The quantitative estimate of drug-likeness (QED) is 0.862. The first-order valence-electron chi connectivity index (χ1n) is 5.70. The van der Waals surface area contributed by atoms with E-state index in [1.807, 2.05) is 20.8 Å². The molecular formula is C13H19F2NO. The molecule has 0 fully saturated rings. The Kier molecular flexibility index (Phi) is 4.60. The van der Waals surface area contributed by atoms with Crippen molar-refractivity contribution in [2.45, 2.75) is 38.8 Å². The fourth-order valence-corrected chi connectivity index (χ4v) is 1.26. The zero-order valence-corrected chi connectivity index (χ0v) is 10.5. The van der Waals surface area contributed by atoms with E-state index in [0.29, 0.717) is 5.56 Å². The maximum absolute atomic E-state index is 13.0. The summed E-state index contributed by atoms with van der Waals surface area (Å²) in [5.74, 6) is -1.75. The lowest BCUT2D eigenvalue weighted by Gasteiger charge is -2.25. The lowest BCUT2D eigenvalue weighted by atomic mass is 10.1. The second-order valence-corrected chi connectivity index (χ2v) is 4.70. The fourth-order valence-electron chi connectivity index (χ4n) is 1.26. The van der Waals surface area contributed by atoms with Gasteiger partial charge in [0.1, 0.15) is 0 Å². The number of halogens is 2. The van der Waals surface area contributed by atoms with Crippen LogP contribution in [0.3, 0.4) is 0 Å². The van der Waals surface area contributed by atoms with E-state index in [1.165, 1.54) is 6.07 Å². The van der Waals surface area contributed by atoms with Crippen molar-refractivity contribution in [2.75, 3.05) is 6.61 Å². The van der Waals surface area contributed by atoms with Gasteiger partial charge in [-0.2, -0.15) is 0 Å². The first-order chi connectivity index (χ1) is 7.85. The average Bonchev–Trinajstić information content (AvgIpc) is 2.30. The van der Waals surface area contributed by atoms with Crippen molar-refractivity contribution in [3.63, 3.8) is 0 Å². The van der Waals surface area contributed by atoms with Crippen molar-refractivity contribution in [3.8, 4) is 0 Å². The fraction of sp³-hybridized carbons (Fsp3) is 0.538. The highest BCUT2D eigenvalue weighted by Crippen LogP contribution is 2.19. The molecule has 1 aromatic rings. The van der Waals surface area contributed by atoms with E-state index in [1.54, 1.807) is 0 Å². The maximum atomic E-state index is 13.0. The van der Waals surface area contributed by atoms with E-state index in [2.05, 4.69) is 0 Å². The summed E-state index contributed by atoms with van der Waals surface area (Å²) in [4.78, 5) is 0. The molecule has 0 spiro atoms. The van der Waals surface area contributed by atoms with Gasteiger partial charge in [0.15, 0.2) is 11.6 Å². The van der Waals surface area contributed by atoms with Crippen LogP contribution in [-0.2, 0) is 4.74 Å². The molecule has 2 N–H and O–H groups in total. The summed E-state index contributed by atoms with van der Waals surface area (Å²) in [5, 5.41) is 0. The molecule has 0 heterocycles.